The maximum atomic E-state index is 12.5. The van der Waals surface area contributed by atoms with Crippen LogP contribution >= 0.6 is 0 Å². The highest BCUT2D eigenvalue weighted by molar-refractivity contribution is 5.76. The number of aliphatic hydroxyl groups excluding tert-OH is 2. The van der Waals surface area contributed by atoms with Gasteiger partial charge in [0, 0.05) is 12.8 Å². The Balaban J connectivity index is 3.37. The lowest BCUT2D eigenvalue weighted by Crippen LogP contribution is -2.45. The number of hydrogen-bond acceptors (Lipinski definition) is 5. The number of rotatable bonds is 78. The molecule has 0 saturated heterocycles. The van der Waals surface area contributed by atoms with Gasteiger partial charge in [-0.05, 0) is 64.2 Å². The molecule has 2 atom stereocenters. The van der Waals surface area contributed by atoms with Gasteiger partial charge in [0.25, 0.3) is 0 Å². The number of ether oxygens (including phenoxy) is 1. The molecule has 0 aliphatic heterocycles. The molecule has 1 amide bonds. The molecule has 90 heavy (non-hydrogen) atoms. The van der Waals surface area contributed by atoms with Crippen molar-refractivity contribution in [2.75, 3.05) is 13.2 Å². The Hall–Kier alpha value is -1.92. The van der Waals surface area contributed by atoms with E-state index in [1.54, 1.807) is 6.08 Å². The van der Waals surface area contributed by atoms with Gasteiger partial charge in [0.05, 0.1) is 25.4 Å². The summed E-state index contributed by atoms with van der Waals surface area (Å²) in [7, 11) is 0. The first-order valence-electron chi connectivity index (χ1n) is 41.3. The molecule has 2 unspecified atom stereocenters. The second-order valence-electron chi connectivity index (χ2n) is 28.5. The minimum atomic E-state index is -0.843. The van der Waals surface area contributed by atoms with Gasteiger partial charge in [-0.1, -0.05) is 423 Å². The van der Waals surface area contributed by atoms with Crippen molar-refractivity contribution in [3.05, 3.63) is 36.5 Å². The molecule has 6 heteroatoms. The summed E-state index contributed by atoms with van der Waals surface area (Å²) in [4.78, 5) is 24.6. The fraction of sp³-hybridized carbons (Fsp3) is 0.905. The van der Waals surface area contributed by atoms with Gasteiger partial charge in [-0.3, -0.25) is 9.59 Å². The Morgan fingerprint density at radius 2 is 0.556 bits per heavy atom. The van der Waals surface area contributed by atoms with Crippen molar-refractivity contribution in [3.63, 3.8) is 0 Å². The molecule has 6 nitrogen and oxygen atoms in total. The number of hydrogen-bond donors (Lipinski definition) is 3. The first-order valence-corrected chi connectivity index (χ1v) is 41.3. The summed E-state index contributed by atoms with van der Waals surface area (Å²) in [5, 5.41) is 23.3. The van der Waals surface area contributed by atoms with E-state index in [2.05, 4.69) is 43.5 Å². The van der Waals surface area contributed by atoms with Crippen molar-refractivity contribution in [2.24, 2.45) is 0 Å². The van der Waals surface area contributed by atoms with Crippen molar-refractivity contribution in [1.29, 1.82) is 0 Å². The Labute approximate surface area is 564 Å². The van der Waals surface area contributed by atoms with E-state index in [9.17, 15) is 19.8 Å². The monoisotopic (exact) mass is 1260 g/mol. The molecule has 0 aromatic rings. The summed E-state index contributed by atoms with van der Waals surface area (Å²) in [6.07, 6.45) is 104. The Kier molecular flexibility index (Phi) is 77.8. The van der Waals surface area contributed by atoms with Crippen molar-refractivity contribution < 1.29 is 24.5 Å². The van der Waals surface area contributed by atoms with Crippen LogP contribution in [0, 0.1) is 0 Å². The van der Waals surface area contributed by atoms with E-state index in [1.807, 2.05) is 6.08 Å². The molecule has 0 rings (SSSR count). The third-order valence-corrected chi connectivity index (χ3v) is 19.4. The summed E-state index contributed by atoms with van der Waals surface area (Å²) in [6.45, 7) is 4.96. The van der Waals surface area contributed by atoms with E-state index >= 15 is 0 Å². The minimum absolute atomic E-state index is 0.0232. The second kappa shape index (κ2) is 79.5. The summed E-state index contributed by atoms with van der Waals surface area (Å²) >= 11 is 0. The van der Waals surface area contributed by atoms with Crippen LogP contribution in [0.5, 0.6) is 0 Å². The van der Waals surface area contributed by atoms with Crippen LogP contribution in [0.4, 0.5) is 0 Å². The number of carbonyl (C=O) groups is 2. The van der Waals surface area contributed by atoms with Gasteiger partial charge in [-0.25, -0.2) is 0 Å². The molecule has 0 heterocycles. The van der Waals surface area contributed by atoms with Crippen molar-refractivity contribution >= 4 is 11.9 Å². The molecule has 0 bridgehead atoms. The molecule has 0 aromatic heterocycles. The predicted octanol–water partition coefficient (Wildman–Crippen LogP) is 27.4. The van der Waals surface area contributed by atoms with Crippen molar-refractivity contribution in [1.82, 2.24) is 5.32 Å². The van der Waals surface area contributed by atoms with Crippen molar-refractivity contribution in [2.45, 2.75) is 475 Å². The maximum Gasteiger partial charge on any atom is 0.305 e. The smallest absolute Gasteiger partial charge is 0.305 e. The zero-order valence-electron chi connectivity index (χ0n) is 61.1. The zero-order chi connectivity index (χ0) is 64.9. The fourth-order valence-corrected chi connectivity index (χ4v) is 13.1. The highest BCUT2D eigenvalue weighted by atomic mass is 16.5. The van der Waals surface area contributed by atoms with Gasteiger partial charge in [-0.15, -0.1) is 0 Å². The second-order valence-corrected chi connectivity index (χ2v) is 28.5. The molecule has 0 saturated carbocycles. The third kappa shape index (κ3) is 75.1. The standard InChI is InChI=1S/C84H161NO5/c1-3-5-7-9-11-13-15-17-19-20-21-43-46-49-52-56-60-64-68-72-76-82(87)81(80-86)85-83(88)77-73-69-65-61-57-53-50-47-44-41-39-37-35-33-31-29-27-25-23-22-24-26-28-30-32-34-36-38-40-42-45-48-51-55-59-63-67-71-75-79-90-84(89)78-74-70-66-62-58-54-18-16-14-12-10-8-6-4-2/h22-23,26,28,72,76,81-82,86-87H,3-21,24-25,27,29-71,73-75,77-80H2,1-2H3,(H,85,88)/b23-22-,28-26-,76-72+. The highest BCUT2D eigenvalue weighted by Gasteiger charge is 2.18. The topological polar surface area (TPSA) is 95.9 Å². The van der Waals surface area contributed by atoms with E-state index in [-0.39, 0.29) is 18.5 Å². The van der Waals surface area contributed by atoms with Crippen LogP contribution in [0.3, 0.4) is 0 Å². The number of allylic oxidation sites excluding steroid dienone is 5. The van der Waals surface area contributed by atoms with Crippen molar-refractivity contribution in [3.8, 4) is 0 Å². The van der Waals surface area contributed by atoms with Crippen LogP contribution in [0.1, 0.15) is 463 Å². The number of amides is 1. The fourth-order valence-electron chi connectivity index (χ4n) is 13.1. The van der Waals surface area contributed by atoms with E-state index in [0.29, 0.717) is 19.4 Å². The summed E-state index contributed by atoms with van der Waals surface area (Å²) < 4.78 is 5.50. The molecule has 0 radical (unpaired) electrons. The molecule has 0 aliphatic carbocycles. The summed E-state index contributed by atoms with van der Waals surface area (Å²) in [5.74, 6) is -0.0373. The van der Waals surface area contributed by atoms with Crippen LogP contribution in [0.25, 0.3) is 0 Å². The zero-order valence-corrected chi connectivity index (χ0v) is 61.1. The van der Waals surface area contributed by atoms with Gasteiger partial charge in [0.1, 0.15) is 0 Å². The maximum absolute atomic E-state index is 12.5. The number of carbonyl (C=O) groups excluding carboxylic acids is 2. The van der Waals surface area contributed by atoms with Gasteiger partial charge < -0.3 is 20.3 Å². The van der Waals surface area contributed by atoms with Crippen LogP contribution in [-0.2, 0) is 14.3 Å². The lowest BCUT2D eigenvalue weighted by molar-refractivity contribution is -0.143. The van der Waals surface area contributed by atoms with Gasteiger partial charge in [0.2, 0.25) is 5.91 Å². The molecule has 532 valence electrons. The first-order chi connectivity index (χ1) is 44.5. The van der Waals surface area contributed by atoms with E-state index in [1.165, 1.54) is 392 Å². The van der Waals surface area contributed by atoms with Crippen LogP contribution in [0.15, 0.2) is 36.5 Å². The number of esters is 1. The Morgan fingerprint density at radius 1 is 0.311 bits per heavy atom. The summed E-state index contributed by atoms with van der Waals surface area (Å²) in [6, 6.07) is -0.627. The van der Waals surface area contributed by atoms with E-state index in [0.717, 1.165) is 44.9 Å². The Bertz CT molecular complexity index is 1460. The SMILES string of the molecule is CCCCCCCCCCCCCCCCCCCC/C=C/C(O)C(CO)NC(=O)CCCCCCCCCCCCCCCCCCC/C=C\C/C=C\CCCCCCCCCCCCCCCCCOC(=O)CCCCCCCCCCCCCCCC. The van der Waals surface area contributed by atoms with E-state index < -0.39 is 12.1 Å². The predicted molar refractivity (Wildman–Crippen MR) is 398 cm³/mol. The number of unbranched alkanes of at least 4 members (excludes halogenated alkanes) is 63. The third-order valence-electron chi connectivity index (χ3n) is 19.4. The lowest BCUT2D eigenvalue weighted by atomic mass is 10.0. The average molecular weight is 1270 g/mol. The highest BCUT2D eigenvalue weighted by Crippen LogP contribution is 2.20. The molecule has 0 fully saturated rings. The van der Waals surface area contributed by atoms with Gasteiger partial charge in [0.15, 0.2) is 0 Å². The van der Waals surface area contributed by atoms with E-state index in [4.69, 9.17) is 4.74 Å². The normalized spacial score (nSPS) is 12.6. The summed E-state index contributed by atoms with van der Waals surface area (Å²) in [5.41, 5.74) is 0. The number of aliphatic hydroxyl groups is 2. The van der Waals surface area contributed by atoms with Crippen LogP contribution in [0.2, 0.25) is 0 Å². The van der Waals surface area contributed by atoms with Gasteiger partial charge in [-0.2, -0.15) is 0 Å². The molecular formula is C84H161NO5. The Morgan fingerprint density at radius 3 is 0.844 bits per heavy atom. The van der Waals surface area contributed by atoms with Crippen LogP contribution < -0.4 is 5.32 Å². The molecule has 0 aromatic carbocycles. The largest absolute Gasteiger partial charge is 0.466 e. The molecule has 3 N–H and O–H groups in total. The van der Waals surface area contributed by atoms with Crippen LogP contribution in [-0.4, -0.2) is 47.4 Å². The van der Waals surface area contributed by atoms with Gasteiger partial charge >= 0.3 is 5.97 Å². The lowest BCUT2D eigenvalue weighted by Gasteiger charge is -2.20. The molecule has 0 aliphatic rings. The minimum Gasteiger partial charge on any atom is -0.466 e. The molecule has 0 spiro atoms. The average Bonchev–Trinajstić information content (AvgIpc) is 3.63. The quantitative estimate of drug-likeness (QED) is 0.0320. The number of nitrogens with one attached hydrogen (secondary N) is 1. The first kappa shape index (κ1) is 88.1. The molecular weight excluding hydrogens is 1100 g/mol.